The fourth-order valence-electron chi connectivity index (χ4n) is 11.1. The molecule has 11 atom stereocenters. The maximum absolute atomic E-state index is 15.0. The van der Waals surface area contributed by atoms with E-state index in [1.165, 1.54) is 82.7 Å². The van der Waals surface area contributed by atoms with Gasteiger partial charge in [-0.25, -0.2) is 0 Å². The summed E-state index contributed by atoms with van der Waals surface area (Å²) in [6, 6.07) is 0.102. The van der Waals surface area contributed by atoms with Crippen LogP contribution >= 0.6 is 0 Å². The second-order valence-corrected chi connectivity index (χ2v) is 25.8. The molecule has 1 aromatic carbocycles. The molecule has 2 heterocycles. The molecule has 0 aliphatic carbocycles. The van der Waals surface area contributed by atoms with Crippen LogP contribution in [0.1, 0.15) is 154 Å². The van der Waals surface area contributed by atoms with Crippen molar-refractivity contribution in [3.63, 3.8) is 0 Å². The predicted molar refractivity (Wildman–Crippen MR) is 330 cm³/mol. The van der Waals surface area contributed by atoms with Crippen molar-refractivity contribution in [3.8, 4) is 0 Å². The Morgan fingerprint density at radius 2 is 1.21 bits per heavy atom. The number of ketones is 2. The molecule has 3 N–H and O–H groups in total. The molecule has 486 valence electrons. The topological polar surface area (TPSA) is 264 Å². The average Bonchev–Trinajstić information content (AvgIpc) is 2.06. The molecule has 1 aromatic rings. The first-order chi connectivity index (χ1) is 39.5. The van der Waals surface area contributed by atoms with Crippen LogP contribution in [0.2, 0.25) is 0 Å². The highest BCUT2D eigenvalue weighted by atomic mass is 16.5. The maximum atomic E-state index is 15.0. The molecule has 2 saturated heterocycles. The van der Waals surface area contributed by atoms with Crippen LogP contribution in [0.5, 0.6) is 0 Å². The molecule has 0 spiro atoms. The Morgan fingerprint density at radius 3 is 1.74 bits per heavy atom. The summed E-state index contributed by atoms with van der Waals surface area (Å²) in [5.41, 5.74) is -0.0981. The second-order valence-electron chi connectivity index (χ2n) is 25.8. The summed E-state index contributed by atoms with van der Waals surface area (Å²) < 4.78 is 6.18. The zero-order valence-corrected chi connectivity index (χ0v) is 54.3. The van der Waals surface area contributed by atoms with Crippen molar-refractivity contribution in [2.75, 3.05) is 68.5 Å². The van der Waals surface area contributed by atoms with Crippen LogP contribution in [0.3, 0.4) is 0 Å². The summed E-state index contributed by atoms with van der Waals surface area (Å²) in [5, 5.41) is 16.5. The van der Waals surface area contributed by atoms with Gasteiger partial charge < -0.3 is 54.8 Å². The smallest absolute Gasteiger partial charge is 0.248 e. The Hall–Kier alpha value is -6.29. The Balaban J connectivity index is 0.0000252. The molecule has 0 saturated carbocycles. The highest BCUT2D eigenvalue weighted by Gasteiger charge is 2.43. The summed E-state index contributed by atoms with van der Waals surface area (Å²) in [7, 11) is 8.42. The lowest BCUT2D eigenvalue weighted by molar-refractivity contribution is -0.152. The number of nitrogens with one attached hydrogen (secondary N) is 2. The molecule has 9 amide bonds. The quantitative estimate of drug-likeness (QED) is 0.263. The molecule has 86 heavy (non-hydrogen) atoms. The van der Waals surface area contributed by atoms with Crippen LogP contribution in [-0.2, 0) is 63.9 Å². The molecule has 3 rings (SSSR count). The molecule has 2 fully saturated rings. The normalized spacial score (nSPS) is 26.4. The van der Waals surface area contributed by atoms with Crippen LogP contribution in [0, 0.1) is 29.6 Å². The Kier molecular flexibility index (Phi) is 30.2. The number of aliphatic hydroxyl groups is 1. The number of amides is 9. The lowest BCUT2D eigenvalue weighted by Crippen LogP contribution is -2.61. The number of piperidine rings is 1. The third-order valence-electron chi connectivity index (χ3n) is 16.6. The summed E-state index contributed by atoms with van der Waals surface area (Å²) >= 11 is 0. The van der Waals surface area contributed by atoms with E-state index in [0.29, 0.717) is 25.1 Å². The zero-order valence-electron chi connectivity index (χ0n) is 54.3. The van der Waals surface area contributed by atoms with E-state index in [1.807, 2.05) is 34.6 Å². The van der Waals surface area contributed by atoms with Crippen molar-refractivity contribution in [2.45, 2.75) is 209 Å². The number of benzene rings is 1. The molecule has 22 nitrogen and oxygen atoms in total. The number of ether oxygens (including phenoxy) is 1. The van der Waals surface area contributed by atoms with E-state index >= 15 is 9.59 Å². The first-order valence-corrected chi connectivity index (χ1v) is 30.4. The van der Waals surface area contributed by atoms with Gasteiger partial charge in [-0.2, -0.15) is 0 Å². The number of nitrogens with zero attached hydrogens (tertiary/aromatic N) is 7. The minimum absolute atomic E-state index is 0. The van der Waals surface area contributed by atoms with E-state index < -0.39 is 162 Å². The zero-order chi connectivity index (χ0) is 64.5. The van der Waals surface area contributed by atoms with E-state index in [9.17, 15) is 48.3 Å². The number of carbonyl (C=O) groups excluding carboxylic acids is 11. The molecule has 0 radical (unpaired) electrons. The molecular formula is C64H107N9O13. The van der Waals surface area contributed by atoms with Gasteiger partial charge >= 0.3 is 0 Å². The van der Waals surface area contributed by atoms with Gasteiger partial charge in [-0.15, -0.1) is 0 Å². The van der Waals surface area contributed by atoms with Crippen molar-refractivity contribution in [2.24, 2.45) is 29.6 Å². The largest absolute Gasteiger partial charge is 0.391 e. The number of Topliss-reactive ketones (excluding diaryl/α,β-unsaturated/α-hetero) is 2. The molecule has 2 aliphatic rings. The van der Waals surface area contributed by atoms with Gasteiger partial charge in [0.15, 0.2) is 11.6 Å². The minimum Gasteiger partial charge on any atom is -0.391 e. The minimum atomic E-state index is -1.62. The summed E-state index contributed by atoms with van der Waals surface area (Å²) in [6.07, 6.45) is 0.176. The number of carbonyl (C=O) groups is 11. The molecular weight excluding hydrogens is 1100 g/mol. The van der Waals surface area contributed by atoms with Crippen LogP contribution in [-0.4, -0.2) is 227 Å². The van der Waals surface area contributed by atoms with E-state index in [0.717, 1.165) is 29.1 Å². The fourth-order valence-corrected chi connectivity index (χ4v) is 11.1. The maximum Gasteiger partial charge on any atom is 0.248 e. The van der Waals surface area contributed by atoms with Crippen molar-refractivity contribution >= 4 is 64.7 Å². The molecule has 22 heteroatoms. The van der Waals surface area contributed by atoms with Crippen LogP contribution < -0.4 is 10.6 Å². The van der Waals surface area contributed by atoms with Gasteiger partial charge in [0.2, 0.25) is 53.2 Å². The molecule has 2 aliphatic heterocycles. The third-order valence-corrected chi connectivity index (χ3v) is 16.6. The van der Waals surface area contributed by atoms with E-state index in [-0.39, 0.29) is 45.1 Å². The number of likely N-dealkylation sites (N-methyl/N-ethyl adjacent to an activating group) is 6. The fraction of sp³-hybridized carbons (Fsp3) is 0.734. The predicted octanol–water partition coefficient (Wildman–Crippen LogP) is 4.37. The number of hydrogen-bond acceptors (Lipinski definition) is 13. The van der Waals surface area contributed by atoms with Crippen molar-refractivity contribution in [1.29, 1.82) is 0 Å². The lowest BCUT2D eigenvalue weighted by Gasteiger charge is -2.38. The lowest BCUT2D eigenvalue weighted by atomic mass is 9.86. The van der Waals surface area contributed by atoms with Gasteiger partial charge in [0, 0.05) is 81.1 Å². The van der Waals surface area contributed by atoms with Crippen molar-refractivity contribution in [3.05, 3.63) is 35.9 Å². The SMILES string of the molecule is C.CC[C@H](C)[C@H]1C(=O)C[C@H](C(=O)N2CCCCC2)CC(=O)N[C@@H](C)C(=O)N(C)[C@@H](C)C(=O)N(C)[C@@H](Cc2ccccc2)C(=O)N(C)[C@@H](CC(C)C)C(=O)N[C@@H]([C@@H](C)O)C(=O)N(C)CC(=O)N(C)[C@@H](CC(C)C)C(=O)C[C@@H](COC(C)(C)C)C(=O)N1C. The Morgan fingerprint density at radius 1 is 0.651 bits per heavy atom. The number of likely N-dealkylation sites (tertiary alicyclic amines) is 1. The number of hydrogen-bond donors (Lipinski definition) is 3. The van der Waals surface area contributed by atoms with E-state index in [4.69, 9.17) is 4.74 Å². The van der Waals surface area contributed by atoms with Crippen LogP contribution in [0.15, 0.2) is 30.3 Å². The van der Waals surface area contributed by atoms with Crippen molar-refractivity contribution < 1.29 is 62.6 Å². The second kappa shape index (κ2) is 34.3. The highest BCUT2D eigenvalue weighted by Crippen LogP contribution is 2.27. The average molecular weight is 1210 g/mol. The van der Waals surface area contributed by atoms with Gasteiger partial charge in [-0.1, -0.05) is 85.7 Å². The Bertz CT molecular complexity index is 2480. The first-order valence-electron chi connectivity index (χ1n) is 30.4. The number of aliphatic hydroxyl groups excluding tert-OH is 1. The van der Waals surface area contributed by atoms with Crippen molar-refractivity contribution in [1.82, 2.24) is 44.9 Å². The third kappa shape index (κ3) is 21.5. The van der Waals surface area contributed by atoms with Gasteiger partial charge in [0.1, 0.15) is 30.2 Å². The summed E-state index contributed by atoms with van der Waals surface area (Å²) in [4.78, 5) is 169. The first kappa shape index (κ1) is 75.8. The van der Waals surface area contributed by atoms with E-state index in [2.05, 4.69) is 10.6 Å². The van der Waals surface area contributed by atoms with Gasteiger partial charge in [0.25, 0.3) is 0 Å². The van der Waals surface area contributed by atoms with Gasteiger partial charge in [0.05, 0.1) is 48.8 Å². The standard InChI is InChI=1S/C63H103N9O13.CH4/c1-19-40(6)55-51(75)33-45(60(82)72-28-24-21-25-29-72)35-52(76)64-41(7)57(79)67(14)42(8)58(80)70(17)49(32-44-26-22-20-23-27-44)61(83)69(16)48(31-39(4)5)56(78)65-54(43(9)73)62(84)66(13)36-53(77)68(15)47(30-38(2)3)50(74)34-46(59(81)71(55)18)37-85-63(10,11)12;/h20,22-23,26-27,38-43,45-49,54-55,73H,19,21,24-25,28-37H2,1-18H3,(H,64,76)(H,65,78);1H4/t40-,41-,42-,43+,45-,46-,47-,48-,49-,54-,55-;/m0./s1. The number of rotatable bonds is 12. The molecule has 0 aromatic heterocycles. The highest BCUT2D eigenvalue weighted by molar-refractivity contribution is 5.99. The van der Waals surface area contributed by atoms with Gasteiger partial charge in [-0.3, -0.25) is 52.7 Å². The monoisotopic (exact) mass is 1210 g/mol. The Labute approximate surface area is 513 Å². The van der Waals surface area contributed by atoms with Gasteiger partial charge in [-0.05, 0) is 97.0 Å². The molecule has 0 bridgehead atoms. The van der Waals surface area contributed by atoms with Crippen LogP contribution in [0.25, 0.3) is 0 Å². The van der Waals surface area contributed by atoms with Crippen LogP contribution in [0.4, 0.5) is 0 Å². The summed E-state index contributed by atoms with van der Waals surface area (Å²) in [5.74, 6) is -10.2. The molecule has 0 unspecified atom stereocenters. The van der Waals surface area contributed by atoms with E-state index in [1.54, 1.807) is 62.9 Å². The summed E-state index contributed by atoms with van der Waals surface area (Å²) in [6.45, 7) is 20.6.